The molecule has 0 aliphatic heterocycles. The van der Waals surface area contributed by atoms with Gasteiger partial charge in [0.1, 0.15) is 0 Å². The molecule has 2 heteroatoms. The highest BCUT2D eigenvalue weighted by atomic mass is 16.5. The van der Waals surface area contributed by atoms with Gasteiger partial charge in [0, 0.05) is 17.7 Å². The first-order valence-electron chi connectivity index (χ1n) is 6.94. The highest BCUT2D eigenvalue weighted by Crippen LogP contribution is 2.25. The molecule has 4 aromatic rings. The molecule has 0 N–H and O–H groups in total. The van der Waals surface area contributed by atoms with Crippen molar-refractivity contribution in [3.8, 4) is 11.3 Å². The minimum atomic E-state index is 0.679. The second-order valence-corrected chi connectivity index (χ2v) is 5.10. The van der Waals surface area contributed by atoms with E-state index >= 15 is 0 Å². The molecule has 0 saturated carbocycles. The lowest BCUT2D eigenvalue weighted by molar-refractivity contribution is -0.564. The molecule has 0 atom stereocenters. The van der Waals surface area contributed by atoms with Crippen molar-refractivity contribution >= 4 is 21.7 Å². The Morgan fingerprint density at radius 1 is 0.619 bits per heavy atom. The molecule has 4 rings (SSSR count). The van der Waals surface area contributed by atoms with Gasteiger partial charge in [-0.25, -0.2) is 0 Å². The Labute approximate surface area is 122 Å². The molecule has 100 valence electrons. The van der Waals surface area contributed by atoms with Crippen LogP contribution in [-0.2, 0) is 0 Å². The van der Waals surface area contributed by atoms with Crippen LogP contribution in [0.5, 0.6) is 0 Å². The average molecular weight is 271 g/mol. The predicted molar refractivity (Wildman–Crippen MR) is 85.9 cm³/mol. The van der Waals surface area contributed by atoms with Crippen LogP contribution in [0.1, 0.15) is 0 Å². The molecule has 0 spiro atoms. The van der Waals surface area contributed by atoms with E-state index < -0.39 is 0 Å². The number of rotatable bonds is 1. The summed E-state index contributed by atoms with van der Waals surface area (Å²) in [7, 11) is 0. The van der Waals surface area contributed by atoms with Gasteiger partial charge in [-0.05, 0) is 35.0 Å². The molecule has 0 fully saturated rings. The lowest BCUT2D eigenvalue weighted by atomic mass is 10.0. The fraction of sp³-hybridized carbons (Fsp3) is 0. The van der Waals surface area contributed by atoms with Crippen molar-refractivity contribution in [2.24, 2.45) is 0 Å². The van der Waals surface area contributed by atoms with Crippen molar-refractivity contribution in [3.63, 3.8) is 0 Å². The van der Waals surface area contributed by atoms with E-state index in [0.29, 0.717) is 11.2 Å². The number of pyridine rings is 1. The Balaban J connectivity index is 2.06. The minimum Gasteiger partial charge on any atom is -0.618 e. The van der Waals surface area contributed by atoms with Gasteiger partial charge < -0.3 is 5.21 Å². The summed E-state index contributed by atoms with van der Waals surface area (Å²) in [4.78, 5) is 0. The second kappa shape index (κ2) is 4.60. The van der Waals surface area contributed by atoms with Crippen molar-refractivity contribution in [3.05, 3.63) is 84.1 Å². The first-order valence-corrected chi connectivity index (χ1v) is 6.94. The summed E-state index contributed by atoms with van der Waals surface area (Å²) in [6.07, 6.45) is 0. The van der Waals surface area contributed by atoms with E-state index in [0.717, 1.165) is 26.5 Å². The van der Waals surface area contributed by atoms with Crippen molar-refractivity contribution < 1.29 is 4.73 Å². The third-order valence-electron chi connectivity index (χ3n) is 3.86. The van der Waals surface area contributed by atoms with Crippen LogP contribution in [0.3, 0.4) is 0 Å². The maximum atomic E-state index is 12.7. The summed E-state index contributed by atoms with van der Waals surface area (Å²) in [6, 6.07) is 25.7. The Morgan fingerprint density at radius 2 is 1.38 bits per heavy atom. The zero-order valence-electron chi connectivity index (χ0n) is 11.4. The van der Waals surface area contributed by atoms with Gasteiger partial charge in [-0.1, -0.05) is 42.5 Å². The number of aromatic nitrogens is 1. The van der Waals surface area contributed by atoms with Gasteiger partial charge in [0.15, 0.2) is 0 Å². The maximum Gasteiger partial charge on any atom is 0.224 e. The predicted octanol–water partition coefficient (Wildman–Crippen LogP) is 4.29. The molecule has 0 radical (unpaired) electrons. The SMILES string of the molecule is [O-][n+]1c(-c2ccccc2)ccc2c3ccccc3ccc21. The quantitative estimate of drug-likeness (QED) is 0.288. The maximum absolute atomic E-state index is 12.7. The summed E-state index contributed by atoms with van der Waals surface area (Å²) in [5, 5.41) is 15.9. The third kappa shape index (κ3) is 1.84. The number of nitrogens with zero attached hydrogens (tertiary/aromatic N) is 1. The van der Waals surface area contributed by atoms with Crippen molar-refractivity contribution in [2.75, 3.05) is 0 Å². The van der Waals surface area contributed by atoms with Gasteiger partial charge in [-0.3, -0.25) is 0 Å². The van der Waals surface area contributed by atoms with Crippen LogP contribution < -0.4 is 4.73 Å². The van der Waals surface area contributed by atoms with E-state index in [1.807, 2.05) is 66.7 Å². The van der Waals surface area contributed by atoms with Gasteiger partial charge in [-0.2, -0.15) is 4.73 Å². The lowest BCUT2D eigenvalue weighted by Crippen LogP contribution is -2.30. The molecule has 1 heterocycles. The molecule has 2 nitrogen and oxygen atoms in total. The molecule has 0 bridgehead atoms. The highest BCUT2D eigenvalue weighted by Gasteiger charge is 2.13. The van der Waals surface area contributed by atoms with Crippen molar-refractivity contribution in [1.29, 1.82) is 0 Å². The van der Waals surface area contributed by atoms with E-state index in [-0.39, 0.29) is 0 Å². The molecular weight excluding hydrogens is 258 g/mol. The molecule has 0 amide bonds. The molecule has 21 heavy (non-hydrogen) atoms. The third-order valence-corrected chi connectivity index (χ3v) is 3.86. The smallest absolute Gasteiger partial charge is 0.224 e. The van der Waals surface area contributed by atoms with Gasteiger partial charge in [0.05, 0.1) is 5.39 Å². The molecule has 3 aromatic carbocycles. The fourth-order valence-electron chi connectivity index (χ4n) is 2.82. The van der Waals surface area contributed by atoms with Crippen LogP contribution in [0.2, 0.25) is 0 Å². The molecule has 0 unspecified atom stereocenters. The summed E-state index contributed by atoms with van der Waals surface area (Å²) in [6.45, 7) is 0. The molecule has 0 aliphatic rings. The largest absolute Gasteiger partial charge is 0.618 e. The monoisotopic (exact) mass is 271 g/mol. The van der Waals surface area contributed by atoms with E-state index in [9.17, 15) is 5.21 Å². The van der Waals surface area contributed by atoms with Gasteiger partial charge in [0.2, 0.25) is 11.2 Å². The minimum absolute atomic E-state index is 0.679. The van der Waals surface area contributed by atoms with Gasteiger partial charge in [0.25, 0.3) is 0 Å². The summed E-state index contributed by atoms with van der Waals surface area (Å²) in [5.41, 5.74) is 2.32. The summed E-state index contributed by atoms with van der Waals surface area (Å²) < 4.78 is 1.02. The van der Waals surface area contributed by atoms with Crippen LogP contribution in [-0.4, -0.2) is 0 Å². The summed E-state index contributed by atoms with van der Waals surface area (Å²) >= 11 is 0. The van der Waals surface area contributed by atoms with E-state index in [1.165, 1.54) is 0 Å². The number of hydrogen-bond acceptors (Lipinski definition) is 1. The Bertz CT molecular complexity index is 945. The first-order chi connectivity index (χ1) is 10.3. The molecule has 0 aliphatic carbocycles. The van der Waals surface area contributed by atoms with E-state index in [1.54, 1.807) is 0 Å². The zero-order chi connectivity index (χ0) is 14.2. The van der Waals surface area contributed by atoms with Gasteiger partial charge in [-0.15, -0.1) is 0 Å². The van der Waals surface area contributed by atoms with E-state index in [2.05, 4.69) is 12.1 Å². The van der Waals surface area contributed by atoms with Crippen LogP contribution in [0, 0.1) is 5.21 Å². The van der Waals surface area contributed by atoms with E-state index in [4.69, 9.17) is 0 Å². The van der Waals surface area contributed by atoms with Crippen molar-refractivity contribution in [1.82, 2.24) is 0 Å². The van der Waals surface area contributed by atoms with Crippen LogP contribution in [0.25, 0.3) is 32.9 Å². The topological polar surface area (TPSA) is 26.9 Å². The Morgan fingerprint density at radius 3 is 2.24 bits per heavy atom. The van der Waals surface area contributed by atoms with Crippen LogP contribution in [0.4, 0.5) is 0 Å². The number of fused-ring (bicyclic) bond motifs is 3. The van der Waals surface area contributed by atoms with Crippen LogP contribution >= 0.6 is 0 Å². The van der Waals surface area contributed by atoms with Crippen LogP contribution in [0.15, 0.2) is 78.9 Å². The fourth-order valence-corrected chi connectivity index (χ4v) is 2.82. The molecule has 0 saturated heterocycles. The second-order valence-electron chi connectivity index (χ2n) is 5.10. The number of hydrogen-bond donors (Lipinski definition) is 0. The molecular formula is C19H13NO. The van der Waals surface area contributed by atoms with Gasteiger partial charge >= 0.3 is 0 Å². The molecule has 1 aromatic heterocycles. The lowest BCUT2D eigenvalue weighted by Gasteiger charge is -2.09. The Hall–Kier alpha value is -2.87. The number of benzene rings is 3. The first kappa shape index (κ1) is 11.9. The standard InChI is InChI=1S/C19H13NO/c21-20-18(15-7-2-1-3-8-15)13-11-17-16-9-5-4-6-14(16)10-12-19(17)20/h1-13H. The zero-order valence-corrected chi connectivity index (χ0v) is 11.4. The summed E-state index contributed by atoms with van der Waals surface area (Å²) in [5.74, 6) is 0. The average Bonchev–Trinajstić information content (AvgIpc) is 2.56. The van der Waals surface area contributed by atoms with Crippen molar-refractivity contribution in [2.45, 2.75) is 0 Å². The highest BCUT2D eigenvalue weighted by molar-refractivity contribution is 6.05. The normalized spacial score (nSPS) is 11.0. The Kier molecular flexibility index (Phi) is 2.61.